The summed E-state index contributed by atoms with van der Waals surface area (Å²) in [6.45, 7) is 5.60. The maximum Gasteiger partial charge on any atom is 0.337 e. The van der Waals surface area contributed by atoms with E-state index in [0.29, 0.717) is 16.8 Å². The van der Waals surface area contributed by atoms with Crippen molar-refractivity contribution in [3.05, 3.63) is 65.2 Å². The van der Waals surface area contributed by atoms with Gasteiger partial charge >= 0.3 is 11.9 Å². The fourth-order valence-electron chi connectivity index (χ4n) is 3.54. The lowest BCUT2D eigenvalue weighted by Gasteiger charge is -2.20. The van der Waals surface area contributed by atoms with Crippen LogP contribution in [-0.4, -0.2) is 54.9 Å². The minimum Gasteiger partial charge on any atom is -0.465 e. The summed E-state index contributed by atoms with van der Waals surface area (Å²) in [6, 6.07) is 13.1. The number of ether oxygens (including phenoxy) is 2. The Labute approximate surface area is 208 Å². The Balaban J connectivity index is 1.47. The molecule has 2 N–H and O–H groups in total. The van der Waals surface area contributed by atoms with E-state index in [1.165, 1.54) is 31.4 Å². The first kappa shape index (κ1) is 26.4. The molecule has 0 aliphatic carbocycles. The summed E-state index contributed by atoms with van der Waals surface area (Å²) < 4.78 is 9.66. The molecule has 1 heterocycles. The number of anilines is 1. The molecule has 0 radical (unpaired) electrons. The summed E-state index contributed by atoms with van der Waals surface area (Å²) >= 11 is 0. The number of carbonyl (C=O) groups is 5. The predicted molar refractivity (Wildman–Crippen MR) is 130 cm³/mol. The lowest BCUT2D eigenvalue weighted by atomic mass is 9.87. The molecule has 2 aromatic rings. The maximum absolute atomic E-state index is 12.5. The van der Waals surface area contributed by atoms with Gasteiger partial charge in [-0.1, -0.05) is 32.9 Å². The molecule has 10 nitrogen and oxygen atoms in total. The number of hydrazine groups is 1. The van der Waals surface area contributed by atoms with Gasteiger partial charge in [0.05, 0.1) is 25.1 Å². The third kappa shape index (κ3) is 6.68. The van der Waals surface area contributed by atoms with Gasteiger partial charge < -0.3 is 14.8 Å². The summed E-state index contributed by atoms with van der Waals surface area (Å²) in [7, 11) is 1.27. The molecule has 1 fully saturated rings. The van der Waals surface area contributed by atoms with Gasteiger partial charge in [0.1, 0.15) is 0 Å². The van der Waals surface area contributed by atoms with E-state index in [-0.39, 0.29) is 18.4 Å². The van der Waals surface area contributed by atoms with Crippen molar-refractivity contribution in [2.75, 3.05) is 25.6 Å². The van der Waals surface area contributed by atoms with Crippen LogP contribution in [0.15, 0.2) is 48.5 Å². The number of esters is 2. The third-order valence-corrected chi connectivity index (χ3v) is 5.64. The third-order valence-electron chi connectivity index (χ3n) is 5.64. The monoisotopic (exact) mass is 495 g/mol. The van der Waals surface area contributed by atoms with Crippen molar-refractivity contribution in [3.8, 4) is 0 Å². The molecule has 0 spiro atoms. The molecule has 36 heavy (non-hydrogen) atoms. The molecule has 10 heteroatoms. The van der Waals surface area contributed by atoms with E-state index < -0.39 is 42.2 Å². The standard InChI is InChI=1S/C26H29N3O7/c1-26(2,3)19-9-5-16(6-10-19)23(32)28-29-14-18(13-22(29)31)25(34)36-15-21(30)27-20-11-7-17(8-12-20)24(33)35-4/h5-12,18H,13-15H2,1-4H3,(H,27,30)(H,28,32)/t18-/m0/s1. The highest BCUT2D eigenvalue weighted by atomic mass is 16.5. The van der Waals surface area contributed by atoms with Gasteiger partial charge in [0.25, 0.3) is 11.8 Å². The number of benzene rings is 2. The topological polar surface area (TPSA) is 131 Å². The Morgan fingerprint density at radius 2 is 1.58 bits per heavy atom. The van der Waals surface area contributed by atoms with Crippen LogP contribution in [0.2, 0.25) is 0 Å². The van der Waals surface area contributed by atoms with Crippen LogP contribution >= 0.6 is 0 Å². The lowest BCUT2D eigenvalue weighted by Crippen LogP contribution is -2.43. The fourth-order valence-corrected chi connectivity index (χ4v) is 3.54. The van der Waals surface area contributed by atoms with E-state index in [0.717, 1.165) is 10.6 Å². The van der Waals surface area contributed by atoms with Crippen molar-refractivity contribution in [2.45, 2.75) is 32.6 Å². The Bertz CT molecular complexity index is 1150. The van der Waals surface area contributed by atoms with Crippen LogP contribution in [-0.2, 0) is 29.3 Å². The molecule has 190 valence electrons. The normalized spacial score (nSPS) is 15.3. The molecule has 3 rings (SSSR count). The second-order valence-corrected chi connectivity index (χ2v) is 9.40. The number of rotatable bonds is 7. The fraction of sp³-hybridized carbons (Fsp3) is 0.346. The van der Waals surface area contributed by atoms with Crippen LogP contribution in [0.1, 0.15) is 53.5 Å². The van der Waals surface area contributed by atoms with Crippen molar-refractivity contribution in [2.24, 2.45) is 5.92 Å². The Hall–Kier alpha value is -4.21. The van der Waals surface area contributed by atoms with Gasteiger partial charge in [0.15, 0.2) is 6.61 Å². The average Bonchev–Trinajstić information content (AvgIpc) is 3.22. The molecule has 1 saturated heterocycles. The van der Waals surface area contributed by atoms with Gasteiger partial charge in [0, 0.05) is 17.7 Å². The number of carbonyl (C=O) groups excluding carboxylic acids is 5. The Kier molecular flexibility index (Phi) is 8.08. The summed E-state index contributed by atoms with van der Waals surface area (Å²) in [5, 5.41) is 3.64. The molecule has 0 saturated carbocycles. The lowest BCUT2D eigenvalue weighted by molar-refractivity contribution is -0.151. The minimum atomic E-state index is -0.812. The molecule has 1 atom stereocenters. The van der Waals surface area contributed by atoms with Crippen LogP contribution in [0.3, 0.4) is 0 Å². The molecular formula is C26H29N3O7. The SMILES string of the molecule is COC(=O)c1ccc(NC(=O)COC(=O)[C@H]2CC(=O)N(NC(=O)c3ccc(C(C)(C)C)cc3)C2)cc1. The van der Waals surface area contributed by atoms with Crippen molar-refractivity contribution in [3.63, 3.8) is 0 Å². The molecule has 1 aliphatic rings. The molecule has 0 aromatic heterocycles. The average molecular weight is 496 g/mol. The number of hydrogen-bond acceptors (Lipinski definition) is 7. The highest BCUT2D eigenvalue weighted by molar-refractivity contribution is 5.97. The Morgan fingerprint density at radius 1 is 0.972 bits per heavy atom. The Morgan fingerprint density at radius 3 is 2.17 bits per heavy atom. The molecule has 1 aliphatic heterocycles. The largest absolute Gasteiger partial charge is 0.465 e. The number of amides is 3. The van der Waals surface area contributed by atoms with Crippen molar-refractivity contribution in [1.29, 1.82) is 0 Å². The quantitative estimate of drug-likeness (QED) is 0.564. The first-order valence-corrected chi connectivity index (χ1v) is 11.3. The number of nitrogens with zero attached hydrogens (tertiary/aromatic N) is 1. The molecule has 0 unspecified atom stereocenters. The summed E-state index contributed by atoms with van der Waals surface area (Å²) in [5.74, 6) is -3.50. The molecular weight excluding hydrogens is 466 g/mol. The summed E-state index contributed by atoms with van der Waals surface area (Å²) in [6.07, 6.45) is -0.140. The van der Waals surface area contributed by atoms with Gasteiger partial charge in [-0.15, -0.1) is 0 Å². The van der Waals surface area contributed by atoms with Gasteiger partial charge in [-0.3, -0.25) is 29.6 Å². The zero-order valence-electron chi connectivity index (χ0n) is 20.6. The molecule has 3 amide bonds. The predicted octanol–water partition coefficient (Wildman–Crippen LogP) is 2.45. The van der Waals surface area contributed by atoms with Crippen molar-refractivity contribution >= 4 is 35.3 Å². The van der Waals surface area contributed by atoms with Crippen LogP contribution in [0.4, 0.5) is 5.69 Å². The summed E-state index contributed by atoms with van der Waals surface area (Å²) in [4.78, 5) is 60.8. The minimum absolute atomic E-state index is 0.0555. The van der Waals surface area contributed by atoms with Gasteiger partial charge in [0.2, 0.25) is 5.91 Å². The van der Waals surface area contributed by atoms with E-state index in [9.17, 15) is 24.0 Å². The number of methoxy groups -OCH3 is 1. The second-order valence-electron chi connectivity index (χ2n) is 9.40. The van der Waals surface area contributed by atoms with Gasteiger partial charge in [-0.25, -0.2) is 4.79 Å². The van der Waals surface area contributed by atoms with E-state index in [1.54, 1.807) is 12.1 Å². The first-order valence-electron chi connectivity index (χ1n) is 11.3. The number of nitrogens with one attached hydrogen (secondary N) is 2. The van der Waals surface area contributed by atoms with Crippen molar-refractivity contribution in [1.82, 2.24) is 10.4 Å². The highest BCUT2D eigenvalue weighted by Gasteiger charge is 2.36. The zero-order chi connectivity index (χ0) is 26.5. The van der Waals surface area contributed by atoms with E-state index in [1.807, 2.05) is 12.1 Å². The molecule has 2 aromatic carbocycles. The van der Waals surface area contributed by atoms with Gasteiger partial charge in [-0.2, -0.15) is 0 Å². The summed E-state index contributed by atoms with van der Waals surface area (Å²) in [5.41, 5.74) is 4.66. The van der Waals surface area contributed by atoms with Crippen LogP contribution in [0.5, 0.6) is 0 Å². The van der Waals surface area contributed by atoms with Crippen LogP contribution in [0.25, 0.3) is 0 Å². The van der Waals surface area contributed by atoms with Crippen LogP contribution < -0.4 is 10.7 Å². The smallest absolute Gasteiger partial charge is 0.337 e. The van der Waals surface area contributed by atoms with Crippen LogP contribution in [0, 0.1) is 5.92 Å². The van der Waals surface area contributed by atoms with E-state index in [2.05, 4.69) is 36.3 Å². The maximum atomic E-state index is 12.5. The van der Waals surface area contributed by atoms with Crippen molar-refractivity contribution < 1.29 is 33.4 Å². The zero-order valence-corrected chi connectivity index (χ0v) is 20.6. The van der Waals surface area contributed by atoms with E-state index in [4.69, 9.17) is 4.74 Å². The molecule has 0 bridgehead atoms. The number of hydrogen-bond donors (Lipinski definition) is 2. The van der Waals surface area contributed by atoms with Gasteiger partial charge in [-0.05, 0) is 47.4 Å². The first-order chi connectivity index (χ1) is 17.0. The second kappa shape index (κ2) is 11.0. The van der Waals surface area contributed by atoms with E-state index >= 15 is 0 Å². The highest BCUT2D eigenvalue weighted by Crippen LogP contribution is 2.23.